The van der Waals surface area contributed by atoms with E-state index in [-0.39, 0.29) is 93.7 Å². The first kappa shape index (κ1) is 87.7. The molecule has 670 valence electrons. The monoisotopic (exact) mass is 1740 g/mol. The second-order valence-corrected chi connectivity index (χ2v) is 33.5. The number of H-pyrrole nitrogens is 1. The molecule has 0 radical (unpaired) electrons. The fourth-order valence-corrected chi connectivity index (χ4v) is 18.9. The van der Waals surface area contributed by atoms with Crippen LogP contribution in [0.5, 0.6) is 23.5 Å². The molecule has 40 nitrogen and oxygen atoms in total. The van der Waals surface area contributed by atoms with Crippen LogP contribution in [0.2, 0.25) is 0 Å². The summed E-state index contributed by atoms with van der Waals surface area (Å²) in [5.41, 5.74) is 9.73. The quantitative estimate of drug-likeness (QED) is 0.0333. The van der Waals surface area contributed by atoms with Gasteiger partial charge in [-0.05, 0) is 127 Å². The molecule has 5 N–H and O–H groups in total. The molecule has 12 aromatic heterocycles. The summed E-state index contributed by atoms with van der Waals surface area (Å²) in [4.78, 5) is 130. The third-order valence-electron chi connectivity index (χ3n) is 25.7. The van der Waals surface area contributed by atoms with Gasteiger partial charge in [-0.3, -0.25) is 57.1 Å². The Hall–Kier alpha value is -14.2. The lowest BCUT2D eigenvalue weighted by molar-refractivity contribution is -0.128. The summed E-state index contributed by atoms with van der Waals surface area (Å²) in [6.07, 6.45) is 38.5. The van der Waals surface area contributed by atoms with E-state index in [1.165, 1.54) is 30.6 Å². The molecule has 13 heterocycles. The van der Waals surface area contributed by atoms with E-state index in [9.17, 15) is 38.4 Å². The Labute approximate surface area is 730 Å². The van der Waals surface area contributed by atoms with E-state index in [1.807, 2.05) is 83.2 Å². The summed E-state index contributed by atoms with van der Waals surface area (Å²) in [6, 6.07) is 0.0220. The molecule has 0 spiro atoms. The average molecular weight is 1740 g/mol. The molecule has 1 saturated heterocycles. The molecule has 6 saturated carbocycles. The smallest absolute Gasteiger partial charge is 0.277 e. The molecule has 7 unspecified atom stereocenters. The fourth-order valence-electron chi connectivity index (χ4n) is 18.9. The second kappa shape index (κ2) is 36.1. The number of pyridine rings is 4. The number of nitrogens with zero attached hydrogens (tertiary/aromatic N) is 23. The van der Waals surface area contributed by atoms with Crippen LogP contribution in [0.4, 0.5) is 45.5 Å². The van der Waals surface area contributed by atoms with Crippen molar-refractivity contribution in [2.75, 3.05) is 83.9 Å². The van der Waals surface area contributed by atoms with E-state index in [2.05, 4.69) is 92.5 Å². The topological polar surface area (TPSA) is 408 Å². The lowest BCUT2D eigenvalue weighted by Crippen LogP contribution is -2.59. The zero-order chi connectivity index (χ0) is 90.3. The van der Waals surface area contributed by atoms with E-state index < -0.39 is 0 Å². The third-order valence-corrected chi connectivity index (χ3v) is 25.7. The van der Waals surface area contributed by atoms with E-state index in [1.54, 1.807) is 143 Å². The maximum absolute atomic E-state index is 13.9. The molecular weight excluding hydrogens is 1630 g/mol. The lowest BCUT2D eigenvalue weighted by Gasteiger charge is -2.62. The number of imidazole rings is 4. The number of aryl methyl sites for hydroxylation is 6. The molecule has 12 aromatic rings. The second-order valence-electron chi connectivity index (χ2n) is 33.5. The van der Waals surface area contributed by atoms with Crippen LogP contribution in [0.25, 0.3) is 44.1 Å². The van der Waals surface area contributed by atoms with Gasteiger partial charge in [0.05, 0.1) is 107 Å². The molecule has 0 aromatic carbocycles. The summed E-state index contributed by atoms with van der Waals surface area (Å²) >= 11 is 0. The molecule has 2 bridgehead atoms. The number of fused-ring (bicyclic) bond motifs is 4. The number of hydrogen-bond acceptors (Lipinski definition) is 24. The number of methoxy groups -OCH3 is 4. The Morgan fingerprint density at radius 2 is 0.843 bits per heavy atom. The standard InChI is InChI=1S/C24H29N7O3.C22H29N7O3.C21H27N7O3.C20H25N7O3/c1-4-19(32)29-7-5-6-16(11-29)30-13-17(26-18-12-28(2)27-22(18)34-3)20-21(23(30)33)31(14-25-20)24-8-15(9-24)10-24;1-6-18(30)27(4)14-8-9-15(10-14)29-12-16(24-17-11-26(3)25-21(17)32-5)19-20(22(29)31)28(7-2)13-23-19;1-6-17(29)27(4)13-7-8-14(9-13)28-11-15(18-19(21(28)30)25(2)12-22-18)23-16-10-26(3)24-20(16)31-5;1-5-16(28)26(3)12-6-7-13(8-12)27-10-14(17-18(20(27)29)22-11-21-17)23-15-9-25(2)24-19(15)30-4/h4,12-16,26H,1,5-11H2,2-3H3;6,11-15,24H,1,7-10H2,2-5H3;6,10-14,23H,1,7-9H2,2-5H3;5,9-13,23H,1,6-8H2,2-4H3,(H,21,22). The van der Waals surface area contributed by atoms with Crippen molar-refractivity contribution in [1.82, 2.24) is 116 Å². The molecule has 127 heavy (non-hydrogen) atoms. The molecular formula is C87H110N28O12. The van der Waals surface area contributed by atoms with E-state index in [4.69, 9.17) is 23.9 Å². The Morgan fingerprint density at radius 3 is 1.24 bits per heavy atom. The van der Waals surface area contributed by atoms with Crippen molar-refractivity contribution in [2.45, 2.75) is 151 Å². The molecule has 7 aliphatic rings. The van der Waals surface area contributed by atoms with Crippen molar-refractivity contribution in [3.63, 3.8) is 0 Å². The normalized spacial score (nSPS) is 20.2. The van der Waals surface area contributed by atoms with Crippen LogP contribution in [-0.2, 0) is 66.5 Å². The Kier molecular flexibility index (Phi) is 24.9. The minimum atomic E-state index is -0.130. The Morgan fingerprint density at radius 1 is 0.465 bits per heavy atom. The van der Waals surface area contributed by atoms with Gasteiger partial charge in [-0.1, -0.05) is 26.3 Å². The van der Waals surface area contributed by atoms with Gasteiger partial charge in [-0.25, -0.2) is 19.9 Å². The van der Waals surface area contributed by atoms with Crippen molar-refractivity contribution in [3.05, 3.63) is 167 Å². The largest absolute Gasteiger partial charge is 0.478 e. The molecule has 6 aliphatic carbocycles. The third kappa shape index (κ3) is 16.8. The van der Waals surface area contributed by atoms with Crippen molar-refractivity contribution < 1.29 is 38.1 Å². The number of rotatable bonds is 25. The highest BCUT2D eigenvalue weighted by Gasteiger charge is 2.58. The lowest BCUT2D eigenvalue weighted by atomic mass is 9.49. The molecule has 1 aliphatic heterocycles. The minimum absolute atomic E-state index is 0.0199. The van der Waals surface area contributed by atoms with Crippen LogP contribution in [0.1, 0.15) is 121 Å². The Balaban J connectivity index is 0.000000131. The van der Waals surface area contributed by atoms with Gasteiger partial charge < -0.3 is 96.8 Å². The highest BCUT2D eigenvalue weighted by atomic mass is 16.5. The number of anilines is 8. The van der Waals surface area contributed by atoms with Crippen molar-refractivity contribution in [3.8, 4) is 23.5 Å². The number of carbonyl (C=O) groups excluding carboxylic acids is 4. The van der Waals surface area contributed by atoms with Crippen molar-refractivity contribution in [2.24, 2.45) is 41.2 Å². The number of likely N-dealkylation sites (tertiary alicyclic amines) is 1. The maximum atomic E-state index is 13.9. The average Bonchev–Trinajstić information content (AvgIpc) is 1.66. The fraction of sp³-hybridized carbons (Fsp3) is 0.448. The van der Waals surface area contributed by atoms with Gasteiger partial charge in [0.15, 0.2) is 0 Å². The predicted octanol–water partition coefficient (Wildman–Crippen LogP) is 8.89. The first-order chi connectivity index (χ1) is 61.0. The minimum Gasteiger partial charge on any atom is -0.478 e. The van der Waals surface area contributed by atoms with Crippen LogP contribution in [0.15, 0.2) is 145 Å². The van der Waals surface area contributed by atoms with Crippen LogP contribution in [0.3, 0.4) is 0 Å². The number of aromatic amines is 1. The van der Waals surface area contributed by atoms with Gasteiger partial charge >= 0.3 is 0 Å². The van der Waals surface area contributed by atoms with Crippen LogP contribution < -0.4 is 62.5 Å². The predicted molar refractivity (Wildman–Crippen MR) is 480 cm³/mol. The first-order valence-electron chi connectivity index (χ1n) is 42.4. The zero-order valence-corrected chi connectivity index (χ0v) is 73.9. The highest BCUT2D eigenvalue weighted by molar-refractivity contribution is 5.94. The van der Waals surface area contributed by atoms with Gasteiger partial charge in [-0.2, -0.15) is 0 Å². The highest BCUT2D eigenvalue weighted by Crippen LogP contribution is 2.63. The van der Waals surface area contributed by atoms with Gasteiger partial charge in [0.1, 0.15) is 66.9 Å². The molecule has 19 rings (SSSR count). The van der Waals surface area contributed by atoms with Crippen LogP contribution in [-0.4, -0.2) is 220 Å². The van der Waals surface area contributed by atoms with Crippen LogP contribution in [0, 0.1) is 5.92 Å². The number of ether oxygens (including phenoxy) is 4. The number of nitrogens with one attached hydrogen (secondary N) is 5. The van der Waals surface area contributed by atoms with Crippen molar-refractivity contribution >= 4 is 113 Å². The number of amides is 4. The number of piperidine rings is 1. The van der Waals surface area contributed by atoms with Gasteiger partial charge in [0.25, 0.3) is 45.8 Å². The summed E-state index contributed by atoms with van der Waals surface area (Å²) in [5.74, 6) is 2.18. The molecule has 40 heteroatoms. The molecule has 4 amide bonds. The van der Waals surface area contributed by atoms with Gasteiger partial charge in [0.2, 0.25) is 23.6 Å². The summed E-state index contributed by atoms with van der Waals surface area (Å²) in [6.45, 7) is 18.1. The SMILES string of the molecule is C=CC(=O)N(C)C1CCC(n2cc(Nc3cn(C)nc3OC)c3nc[nH]c3c2=O)C1.C=CC(=O)N(C)C1CCC(n2cc(Nc3cn(C)nc3OC)c3ncn(C)c3c2=O)C1.C=CC(=O)N(C)C1CCC(n2cc(Nc3cn(C)nc3OC)c3ncn(CC)c3c2=O)C1.C=CC(=O)N1CCCC(n2cc(Nc3cn(C)nc3OC)c3ncn(C45CC(C4)C5)c3c2=O)C1. The zero-order valence-electron chi connectivity index (χ0n) is 73.9. The summed E-state index contributed by atoms with van der Waals surface area (Å²) in [7, 11) is 20.7. The van der Waals surface area contributed by atoms with Gasteiger partial charge in [-0.15, -0.1) is 20.4 Å². The maximum Gasteiger partial charge on any atom is 0.277 e. The molecule has 7 fully saturated rings. The molecule has 7 atom stereocenters. The number of likely N-dealkylation sites (N-methyl/N-ethyl adjacent to an activating group) is 3. The number of hydrogen-bond donors (Lipinski definition) is 5. The van der Waals surface area contributed by atoms with Crippen molar-refractivity contribution in [1.29, 1.82) is 0 Å². The van der Waals surface area contributed by atoms with Crippen LogP contribution >= 0.6 is 0 Å². The Bertz CT molecular complexity index is 6470. The number of carbonyl (C=O) groups is 4. The summed E-state index contributed by atoms with van der Waals surface area (Å²) in [5, 5.41) is 30.5. The van der Waals surface area contributed by atoms with E-state index >= 15 is 0 Å². The van der Waals surface area contributed by atoms with E-state index in [0.717, 1.165) is 82.2 Å². The number of aromatic nitrogens is 20. The van der Waals surface area contributed by atoms with E-state index in [0.29, 0.717) is 146 Å². The first-order valence-corrected chi connectivity index (χ1v) is 42.4. The summed E-state index contributed by atoms with van der Waals surface area (Å²) < 4.78 is 40.9. The van der Waals surface area contributed by atoms with Gasteiger partial charge in [0, 0.05) is 143 Å².